The van der Waals surface area contributed by atoms with Crippen molar-refractivity contribution in [2.24, 2.45) is 0 Å². The molecule has 2 aromatic carbocycles. The Kier molecular flexibility index (Phi) is 9.46. The number of anilines is 2. The van der Waals surface area contributed by atoms with Gasteiger partial charge in [0.15, 0.2) is 11.5 Å². The van der Waals surface area contributed by atoms with Gasteiger partial charge in [0.2, 0.25) is 11.9 Å². The summed E-state index contributed by atoms with van der Waals surface area (Å²) in [5.74, 6) is -0.386. The highest BCUT2D eigenvalue weighted by atomic mass is 19.4. The number of piperazine rings is 1. The number of pyridine rings is 1. The Balaban J connectivity index is 1.05. The molecule has 0 radical (unpaired) electrons. The molecule has 4 aromatic rings. The van der Waals surface area contributed by atoms with E-state index in [0.717, 1.165) is 19.0 Å². The number of alkyl halides is 3. The van der Waals surface area contributed by atoms with Crippen molar-refractivity contribution in [3.8, 4) is 0 Å². The number of nitrogens with zero attached hydrogens (tertiary/aromatic N) is 6. The number of carbonyl (C=O) groups excluding carboxylic acids is 2. The van der Waals surface area contributed by atoms with Crippen LogP contribution in [0.25, 0.3) is 0 Å². The van der Waals surface area contributed by atoms with Crippen molar-refractivity contribution >= 4 is 23.5 Å². The van der Waals surface area contributed by atoms with E-state index in [1.54, 1.807) is 40.1 Å². The van der Waals surface area contributed by atoms with Crippen LogP contribution >= 0.6 is 0 Å². The number of hydrogen-bond acceptors (Lipinski definition) is 7. The Hall–Kier alpha value is -4.87. The number of aromatic nitrogens is 3. The third-order valence-corrected chi connectivity index (χ3v) is 8.82. The van der Waals surface area contributed by atoms with Crippen LogP contribution in [0.1, 0.15) is 51.5 Å². The Morgan fingerprint density at radius 1 is 0.766 bits per heavy atom. The van der Waals surface area contributed by atoms with Gasteiger partial charge in [-0.15, -0.1) is 0 Å². The van der Waals surface area contributed by atoms with Crippen molar-refractivity contribution in [2.75, 3.05) is 49.1 Å². The first-order valence-electron chi connectivity index (χ1n) is 15.6. The summed E-state index contributed by atoms with van der Waals surface area (Å²) in [7, 11) is 0. The monoisotopic (exact) mass is 646 g/mol. The third-order valence-electron chi connectivity index (χ3n) is 8.82. The van der Waals surface area contributed by atoms with E-state index in [-0.39, 0.29) is 24.7 Å². The topological polar surface area (TPSA) is 82.5 Å². The summed E-state index contributed by atoms with van der Waals surface area (Å²) >= 11 is 0. The number of halogens is 4. The molecule has 2 aliphatic heterocycles. The second-order valence-corrected chi connectivity index (χ2v) is 11.9. The average Bonchev–Trinajstić information content (AvgIpc) is 3.09. The van der Waals surface area contributed by atoms with E-state index in [0.29, 0.717) is 62.1 Å². The van der Waals surface area contributed by atoms with Gasteiger partial charge in [-0.1, -0.05) is 54.6 Å². The van der Waals surface area contributed by atoms with E-state index < -0.39 is 29.0 Å². The van der Waals surface area contributed by atoms with Crippen molar-refractivity contribution < 1.29 is 27.2 Å². The van der Waals surface area contributed by atoms with Gasteiger partial charge in [0, 0.05) is 58.1 Å². The molecule has 2 aromatic heterocycles. The minimum Gasteiger partial charge on any atom is -0.353 e. The number of amides is 1. The fraction of sp³-hybridized carbons (Fsp3) is 0.343. The van der Waals surface area contributed by atoms with E-state index >= 15 is 0 Å². The van der Waals surface area contributed by atoms with E-state index in [1.807, 2.05) is 23.1 Å². The molecule has 244 valence electrons. The summed E-state index contributed by atoms with van der Waals surface area (Å²) in [6.45, 7) is 2.93. The molecule has 0 saturated carbocycles. The molecular formula is C35H34F4N6O2. The van der Waals surface area contributed by atoms with Crippen molar-refractivity contribution in [3.05, 3.63) is 113 Å². The highest BCUT2D eigenvalue weighted by Gasteiger charge is 2.39. The zero-order chi connectivity index (χ0) is 33.0. The number of piperidine rings is 1. The molecule has 1 amide bonds. The molecule has 4 heterocycles. The number of hydrogen-bond donors (Lipinski definition) is 0. The largest absolute Gasteiger partial charge is 0.434 e. The summed E-state index contributed by atoms with van der Waals surface area (Å²) < 4.78 is 56.3. The normalized spacial score (nSPS) is 16.0. The van der Waals surface area contributed by atoms with Crippen molar-refractivity contribution in [1.29, 1.82) is 0 Å². The minimum absolute atomic E-state index is 0.00903. The van der Waals surface area contributed by atoms with E-state index in [2.05, 4.69) is 27.1 Å². The van der Waals surface area contributed by atoms with Crippen molar-refractivity contribution in [3.63, 3.8) is 0 Å². The lowest BCUT2D eigenvalue weighted by atomic mass is 9.90. The van der Waals surface area contributed by atoms with Crippen LogP contribution in [-0.2, 0) is 23.8 Å². The molecule has 0 atom stereocenters. The molecule has 6 rings (SSSR count). The predicted octanol–water partition coefficient (Wildman–Crippen LogP) is 5.73. The fourth-order valence-electron chi connectivity index (χ4n) is 6.17. The van der Waals surface area contributed by atoms with Gasteiger partial charge in [-0.3, -0.25) is 9.59 Å². The lowest BCUT2D eigenvalue weighted by molar-refractivity contribution is -0.141. The van der Waals surface area contributed by atoms with Gasteiger partial charge in [-0.2, -0.15) is 13.2 Å². The van der Waals surface area contributed by atoms with Gasteiger partial charge >= 0.3 is 6.18 Å². The van der Waals surface area contributed by atoms with Crippen LogP contribution in [-0.4, -0.2) is 70.8 Å². The van der Waals surface area contributed by atoms with Gasteiger partial charge in [0.05, 0.1) is 12.0 Å². The molecule has 8 nitrogen and oxygen atoms in total. The van der Waals surface area contributed by atoms with Crippen LogP contribution in [0.3, 0.4) is 0 Å². The zero-order valence-electron chi connectivity index (χ0n) is 25.7. The zero-order valence-corrected chi connectivity index (χ0v) is 25.7. The molecule has 2 saturated heterocycles. The van der Waals surface area contributed by atoms with Crippen molar-refractivity contribution in [1.82, 2.24) is 19.9 Å². The maximum atomic E-state index is 14.1. The van der Waals surface area contributed by atoms with Gasteiger partial charge < -0.3 is 14.7 Å². The van der Waals surface area contributed by atoms with Crippen LogP contribution in [0, 0.1) is 5.82 Å². The van der Waals surface area contributed by atoms with Crippen LogP contribution < -0.4 is 9.80 Å². The number of benzene rings is 2. The maximum absolute atomic E-state index is 14.1. The first-order valence-corrected chi connectivity index (χ1v) is 15.6. The molecule has 0 bridgehead atoms. The highest BCUT2D eigenvalue weighted by molar-refractivity contribution is 5.98. The second kappa shape index (κ2) is 13.9. The molecule has 0 spiro atoms. The number of carbonyl (C=O) groups is 2. The summed E-state index contributed by atoms with van der Waals surface area (Å²) in [6.07, 6.45) is -1.13. The predicted molar refractivity (Wildman–Crippen MR) is 169 cm³/mol. The first kappa shape index (κ1) is 32.1. The summed E-state index contributed by atoms with van der Waals surface area (Å²) in [4.78, 5) is 43.7. The van der Waals surface area contributed by atoms with E-state index in [4.69, 9.17) is 0 Å². The number of rotatable bonds is 8. The SMILES string of the molecule is O=C(Cc1ccc(N2CCN(C(=O)Cc3ccccc3F)CC2)nc1)c1cnc(N2CCC(c3ccccc3)CC2)nc1C(F)(F)F. The van der Waals surface area contributed by atoms with Gasteiger partial charge in [-0.25, -0.2) is 19.3 Å². The lowest BCUT2D eigenvalue weighted by Crippen LogP contribution is -2.49. The Labute approximate surface area is 270 Å². The second-order valence-electron chi connectivity index (χ2n) is 11.9. The Morgan fingerprint density at radius 3 is 2.13 bits per heavy atom. The molecule has 12 heteroatoms. The van der Waals surface area contributed by atoms with Crippen LogP contribution in [0.2, 0.25) is 0 Å². The quantitative estimate of drug-likeness (QED) is 0.179. The molecule has 2 aliphatic rings. The van der Waals surface area contributed by atoms with Crippen molar-refractivity contribution in [2.45, 2.75) is 37.8 Å². The molecular weight excluding hydrogens is 612 g/mol. The smallest absolute Gasteiger partial charge is 0.353 e. The highest BCUT2D eigenvalue weighted by Crippen LogP contribution is 2.34. The summed E-state index contributed by atoms with van der Waals surface area (Å²) in [5, 5.41) is 0. The van der Waals surface area contributed by atoms with Gasteiger partial charge in [0.1, 0.15) is 11.6 Å². The Morgan fingerprint density at radius 2 is 1.47 bits per heavy atom. The maximum Gasteiger partial charge on any atom is 0.434 e. The fourth-order valence-corrected chi connectivity index (χ4v) is 6.17. The third kappa shape index (κ3) is 7.58. The lowest BCUT2D eigenvalue weighted by Gasteiger charge is -2.35. The molecule has 0 N–H and O–H groups in total. The number of Topliss-reactive ketones (excluding diaryl/α,β-unsaturated/α-hetero) is 1. The molecule has 0 unspecified atom stereocenters. The average molecular weight is 647 g/mol. The summed E-state index contributed by atoms with van der Waals surface area (Å²) in [6, 6.07) is 19.6. The number of ketones is 1. The first-order chi connectivity index (χ1) is 22.7. The van der Waals surface area contributed by atoms with Crippen LogP contribution in [0.5, 0.6) is 0 Å². The van der Waals surface area contributed by atoms with Crippen LogP contribution in [0.15, 0.2) is 79.1 Å². The van der Waals surface area contributed by atoms with E-state index in [1.165, 1.54) is 17.8 Å². The summed E-state index contributed by atoms with van der Waals surface area (Å²) in [5.41, 5.74) is 0.221. The molecule has 0 aliphatic carbocycles. The van der Waals surface area contributed by atoms with Gasteiger partial charge in [0.25, 0.3) is 0 Å². The molecule has 2 fully saturated rings. The van der Waals surface area contributed by atoms with Crippen LogP contribution in [0.4, 0.5) is 29.3 Å². The Bertz CT molecular complexity index is 1700. The van der Waals surface area contributed by atoms with E-state index in [9.17, 15) is 27.2 Å². The minimum atomic E-state index is -4.83. The standard InChI is InChI=1S/C35H34F4N6O2/c36-29-9-5-4-8-27(29)21-32(47)44-18-16-43(17-19-44)31-11-10-24(22-40-31)20-30(46)28-23-41-34(42-33(28)35(37,38)39)45-14-12-26(13-15-45)25-6-2-1-3-7-25/h1-11,22-23,26H,12-21H2. The molecule has 47 heavy (non-hydrogen) atoms. The van der Waals surface area contributed by atoms with Gasteiger partial charge in [-0.05, 0) is 47.6 Å².